The molecule has 0 radical (unpaired) electrons. The van der Waals surface area contributed by atoms with Crippen molar-refractivity contribution < 1.29 is 4.74 Å². The Kier molecular flexibility index (Phi) is 4.22. The van der Waals surface area contributed by atoms with E-state index in [1.54, 1.807) is 30.2 Å². The second-order valence-electron chi connectivity index (χ2n) is 5.00. The van der Waals surface area contributed by atoms with Gasteiger partial charge in [0.15, 0.2) is 5.16 Å². The SMILES string of the molecule is COc1cccc(CSc2nc(N)c3c(C)c(C)sc3n2)c1. The molecule has 0 atom stereocenters. The molecule has 3 aromatic rings. The van der Waals surface area contributed by atoms with Gasteiger partial charge in [0.1, 0.15) is 16.4 Å². The van der Waals surface area contributed by atoms with Gasteiger partial charge in [0.05, 0.1) is 12.5 Å². The number of thioether (sulfide) groups is 1. The van der Waals surface area contributed by atoms with E-state index in [4.69, 9.17) is 10.5 Å². The molecule has 6 heteroatoms. The molecule has 2 heterocycles. The molecule has 0 aliphatic rings. The standard InChI is InChI=1S/C16H17N3OS2/c1-9-10(2)22-15-13(9)14(17)18-16(19-15)21-8-11-5-4-6-12(7-11)20-3/h4-7H,8H2,1-3H3,(H2,17,18,19). The number of nitrogens with two attached hydrogens (primary N) is 1. The fraction of sp³-hybridized carbons (Fsp3) is 0.250. The van der Waals surface area contributed by atoms with Crippen LogP contribution in [0.1, 0.15) is 16.0 Å². The number of fused-ring (bicyclic) bond motifs is 1. The van der Waals surface area contributed by atoms with Crippen LogP contribution >= 0.6 is 23.1 Å². The zero-order valence-corrected chi connectivity index (χ0v) is 14.3. The molecule has 0 saturated heterocycles. The number of hydrogen-bond acceptors (Lipinski definition) is 6. The number of nitrogen functional groups attached to an aromatic ring is 1. The summed E-state index contributed by atoms with van der Waals surface area (Å²) >= 11 is 3.26. The highest BCUT2D eigenvalue weighted by Crippen LogP contribution is 2.34. The number of rotatable bonds is 4. The van der Waals surface area contributed by atoms with Gasteiger partial charge in [-0.15, -0.1) is 11.3 Å². The largest absolute Gasteiger partial charge is 0.497 e. The number of aromatic nitrogens is 2. The van der Waals surface area contributed by atoms with Crippen molar-refractivity contribution >= 4 is 39.1 Å². The molecule has 4 nitrogen and oxygen atoms in total. The summed E-state index contributed by atoms with van der Waals surface area (Å²) in [4.78, 5) is 11.3. The van der Waals surface area contributed by atoms with Crippen LogP contribution in [0.4, 0.5) is 5.82 Å². The van der Waals surface area contributed by atoms with Crippen molar-refractivity contribution in [1.82, 2.24) is 9.97 Å². The molecule has 0 spiro atoms. The molecule has 0 aliphatic heterocycles. The van der Waals surface area contributed by atoms with Crippen LogP contribution in [0.25, 0.3) is 10.2 Å². The lowest BCUT2D eigenvalue weighted by Gasteiger charge is -2.05. The average Bonchev–Trinajstić information content (AvgIpc) is 2.80. The molecular weight excluding hydrogens is 314 g/mol. The van der Waals surface area contributed by atoms with E-state index in [0.29, 0.717) is 11.0 Å². The Morgan fingerprint density at radius 2 is 2.09 bits per heavy atom. The first-order valence-electron chi connectivity index (χ1n) is 6.87. The highest BCUT2D eigenvalue weighted by molar-refractivity contribution is 7.98. The molecule has 22 heavy (non-hydrogen) atoms. The van der Waals surface area contributed by atoms with Gasteiger partial charge in [-0.3, -0.25) is 0 Å². The molecule has 114 valence electrons. The lowest BCUT2D eigenvalue weighted by atomic mass is 10.2. The van der Waals surface area contributed by atoms with Crippen LogP contribution in [0.15, 0.2) is 29.4 Å². The summed E-state index contributed by atoms with van der Waals surface area (Å²) in [5, 5.41) is 1.71. The van der Waals surface area contributed by atoms with Crippen molar-refractivity contribution in [2.45, 2.75) is 24.8 Å². The highest BCUT2D eigenvalue weighted by Gasteiger charge is 2.13. The number of aryl methyl sites for hydroxylation is 2. The summed E-state index contributed by atoms with van der Waals surface area (Å²) in [7, 11) is 1.67. The molecule has 0 aliphatic carbocycles. The van der Waals surface area contributed by atoms with Gasteiger partial charge in [-0.2, -0.15) is 0 Å². The van der Waals surface area contributed by atoms with Gasteiger partial charge < -0.3 is 10.5 Å². The van der Waals surface area contributed by atoms with Crippen molar-refractivity contribution in [3.8, 4) is 5.75 Å². The third kappa shape index (κ3) is 2.89. The molecule has 0 bridgehead atoms. The van der Waals surface area contributed by atoms with Crippen molar-refractivity contribution in [1.29, 1.82) is 0 Å². The first-order chi connectivity index (χ1) is 10.6. The van der Waals surface area contributed by atoms with Crippen LogP contribution in [-0.4, -0.2) is 17.1 Å². The van der Waals surface area contributed by atoms with Gasteiger partial charge >= 0.3 is 0 Å². The third-order valence-electron chi connectivity index (χ3n) is 3.54. The topological polar surface area (TPSA) is 61.0 Å². The fourth-order valence-corrected chi connectivity index (χ4v) is 4.12. The molecule has 0 saturated carbocycles. The molecule has 0 fully saturated rings. The van der Waals surface area contributed by atoms with Gasteiger partial charge in [0.25, 0.3) is 0 Å². The second-order valence-corrected chi connectivity index (χ2v) is 7.14. The van der Waals surface area contributed by atoms with E-state index < -0.39 is 0 Å². The van der Waals surface area contributed by atoms with Crippen LogP contribution in [0.2, 0.25) is 0 Å². The van der Waals surface area contributed by atoms with E-state index in [0.717, 1.165) is 21.7 Å². The Morgan fingerprint density at radius 3 is 2.86 bits per heavy atom. The third-order valence-corrected chi connectivity index (χ3v) is 5.56. The van der Waals surface area contributed by atoms with E-state index >= 15 is 0 Å². The smallest absolute Gasteiger partial charge is 0.191 e. The summed E-state index contributed by atoms with van der Waals surface area (Å²) in [6.07, 6.45) is 0. The molecule has 2 N–H and O–H groups in total. The zero-order chi connectivity index (χ0) is 15.7. The monoisotopic (exact) mass is 331 g/mol. The van der Waals surface area contributed by atoms with Crippen LogP contribution < -0.4 is 10.5 Å². The van der Waals surface area contributed by atoms with Crippen LogP contribution in [0.5, 0.6) is 5.75 Å². The van der Waals surface area contributed by atoms with Crippen molar-refractivity contribution in [3.05, 3.63) is 40.3 Å². The number of thiophene rings is 1. The van der Waals surface area contributed by atoms with E-state index in [1.807, 2.05) is 18.2 Å². The molecule has 2 aromatic heterocycles. The predicted octanol–water partition coefficient (Wildman–Crippen LogP) is 4.19. The summed E-state index contributed by atoms with van der Waals surface area (Å²) in [6.45, 7) is 4.15. The highest BCUT2D eigenvalue weighted by atomic mass is 32.2. The number of nitrogens with zero attached hydrogens (tertiary/aromatic N) is 2. The van der Waals surface area contributed by atoms with E-state index in [1.165, 1.54) is 16.0 Å². The molecule has 1 aromatic carbocycles. The first kappa shape index (κ1) is 15.1. The lowest BCUT2D eigenvalue weighted by molar-refractivity contribution is 0.414. The lowest BCUT2D eigenvalue weighted by Crippen LogP contribution is -1.96. The normalized spacial score (nSPS) is 11.0. The second kappa shape index (κ2) is 6.14. The Bertz CT molecular complexity index is 830. The first-order valence-corrected chi connectivity index (χ1v) is 8.67. The molecule has 0 amide bonds. The Balaban J connectivity index is 1.85. The minimum atomic E-state index is 0.569. The number of benzene rings is 1. The summed E-state index contributed by atoms with van der Waals surface area (Å²) in [5.74, 6) is 2.21. The number of ether oxygens (including phenoxy) is 1. The van der Waals surface area contributed by atoms with E-state index in [-0.39, 0.29) is 0 Å². The van der Waals surface area contributed by atoms with Gasteiger partial charge in [-0.1, -0.05) is 23.9 Å². The van der Waals surface area contributed by atoms with Gasteiger partial charge in [0.2, 0.25) is 0 Å². The number of anilines is 1. The van der Waals surface area contributed by atoms with Crippen molar-refractivity contribution in [2.75, 3.05) is 12.8 Å². The number of methoxy groups -OCH3 is 1. The van der Waals surface area contributed by atoms with Crippen LogP contribution in [0, 0.1) is 13.8 Å². The zero-order valence-electron chi connectivity index (χ0n) is 12.7. The predicted molar refractivity (Wildman–Crippen MR) is 93.9 cm³/mol. The van der Waals surface area contributed by atoms with Gasteiger partial charge in [-0.05, 0) is 37.1 Å². The molecule has 0 unspecified atom stereocenters. The molecule has 3 rings (SSSR count). The van der Waals surface area contributed by atoms with E-state index in [2.05, 4.69) is 29.9 Å². The van der Waals surface area contributed by atoms with Crippen LogP contribution in [-0.2, 0) is 5.75 Å². The summed E-state index contributed by atoms with van der Waals surface area (Å²) in [6, 6.07) is 8.01. The maximum Gasteiger partial charge on any atom is 0.191 e. The average molecular weight is 331 g/mol. The van der Waals surface area contributed by atoms with Gasteiger partial charge in [-0.25, -0.2) is 9.97 Å². The van der Waals surface area contributed by atoms with Crippen molar-refractivity contribution in [2.24, 2.45) is 0 Å². The summed E-state index contributed by atoms with van der Waals surface area (Å²) in [5.41, 5.74) is 8.46. The van der Waals surface area contributed by atoms with Gasteiger partial charge in [0, 0.05) is 10.6 Å². The van der Waals surface area contributed by atoms with E-state index in [9.17, 15) is 0 Å². The maximum atomic E-state index is 6.11. The van der Waals surface area contributed by atoms with Crippen LogP contribution in [0.3, 0.4) is 0 Å². The Labute approximate surface area is 137 Å². The number of hydrogen-bond donors (Lipinski definition) is 1. The quantitative estimate of drug-likeness (QED) is 0.574. The fourth-order valence-electron chi connectivity index (χ4n) is 2.23. The minimum absolute atomic E-state index is 0.569. The maximum absolute atomic E-state index is 6.11. The Morgan fingerprint density at radius 1 is 1.27 bits per heavy atom. The van der Waals surface area contributed by atoms with Crippen molar-refractivity contribution in [3.63, 3.8) is 0 Å². The summed E-state index contributed by atoms with van der Waals surface area (Å²) < 4.78 is 5.24. The molecular formula is C16H17N3OS2. The Hall–Kier alpha value is -1.79. The minimum Gasteiger partial charge on any atom is -0.497 e.